The summed E-state index contributed by atoms with van der Waals surface area (Å²) in [5, 5.41) is 11.3. The van der Waals surface area contributed by atoms with E-state index in [0.717, 1.165) is 25.9 Å². The minimum atomic E-state index is -0.0477. The first-order valence-electron chi connectivity index (χ1n) is 11.9. The van der Waals surface area contributed by atoms with Gasteiger partial charge in [-0.3, -0.25) is 4.90 Å². The number of rotatable bonds is 7. The Balaban J connectivity index is 1.26. The Morgan fingerprint density at radius 3 is 2.67 bits per heavy atom. The van der Waals surface area contributed by atoms with E-state index >= 15 is 0 Å². The summed E-state index contributed by atoms with van der Waals surface area (Å²) >= 11 is 4.19. The maximum absolute atomic E-state index is 10.0. The molecule has 2 unspecified atom stereocenters. The van der Waals surface area contributed by atoms with E-state index in [1.807, 2.05) is 18.2 Å². The highest BCUT2D eigenvalue weighted by Crippen LogP contribution is 2.58. The van der Waals surface area contributed by atoms with E-state index in [9.17, 15) is 5.26 Å². The van der Waals surface area contributed by atoms with E-state index in [0.29, 0.717) is 19.1 Å². The molecule has 0 saturated carbocycles. The van der Waals surface area contributed by atoms with Gasteiger partial charge < -0.3 is 9.72 Å². The summed E-state index contributed by atoms with van der Waals surface area (Å²) in [7, 11) is 0. The zero-order valence-corrected chi connectivity index (χ0v) is 20.5. The zero-order chi connectivity index (χ0) is 22.5. The quantitative estimate of drug-likeness (QED) is 0.422. The van der Waals surface area contributed by atoms with Crippen LogP contribution in [0.3, 0.4) is 0 Å². The van der Waals surface area contributed by atoms with Crippen LogP contribution in [0.1, 0.15) is 30.5 Å². The molecule has 3 aromatic rings. The SMILES string of the molecule is N#CC1CC(C2(c3cc4ccccc4[nH]3)SCCCS2)CCN1CCOCc1ccccc1. The summed E-state index contributed by atoms with van der Waals surface area (Å²) in [5.41, 5.74) is 3.74. The summed E-state index contributed by atoms with van der Waals surface area (Å²) in [6, 6.07) is 23.8. The van der Waals surface area contributed by atoms with Crippen molar-refractivity contribution in [3.63, 3.8) is 0 Å². The van der Waals surface area contributed by atoms with Gasteiger partial charge in [-0.1, -0.05) is 48.5 Å². The molecule has 3 heterocycles. The lowest BCUT2D eigenvalue weighted by Gasteiger charge is -2.47. The maximum atomic E-state index is 10.0. The van der Waals surface area contributed by atoms with Crippen LogP contribution in [0.2, 0.25) is 0 Å². The maximum Gasteiger partial charge on any atom is 0.104 e. The lowest BCUT2D eigenvalue weighted by molar-refractivity contribution is 0.0639. The molecule has 0 bridgehead atoms. The molecule has 0 amide bonds. The number of hydrogen-bond donors (Lipinski definition) is 1. The number of nitriles is 1. The van der Waals surface area contributed by atoms with Crippen LogP contribution in [-0.2, 0) is 15.4 Å². The fourth-order valence-corrected chi connectivity index (χ4v) is 8.76. The van der Waals surface area contributed by atoms with Crippen LogP contribution in [0.4, 0.5) is 0 Å². The van der Waals surface area contributed by atoms with Crippen LogP contribution in [0.15, 0.2) is 60.7 Å². The molecule has 172 valence electrons. The number of benzene rings is 2. The second-order valence-electron chi connectivity index (χ2n) is 8.93. The van der Waals surface area contributed by atoms with Gasteiger partial charge in [0.2, 0.25) is 0 Å². The van der Waals surface area contributed by atoms with Crippen molar-refractivity contribution >= 4 is 34.4 Å². The highest BCUT2D eigenvalue weighted by atomic mass is 32.2. The lowest BCUT2D eigenvalue weighted by Crippen LogP contribution is -2.48. The summed E-state index contributed by atoms with van der Waals surface area (Å²) in [4.78, 5) is 6.08. The Morgan fingerprint density at radius 1 is 1.09 bits per heavy atom. The first-order chi connectivity index (χ1) is 16.3. The molecule has 4 nitrogen and oxygen atoms in total. The number of H-pyrrole nitrogens is 1. The third-order valence-corrected chi connectivity index (χ3v) is 10.5. The van der Waals surface area contributed by atoms with Crippen LogP contribution in [0.5, 0.6) is 0 Å². The van der Waals surface area contributed by atoms with Gasteiger partial charge in [0.05, 0.1) is 25.3 Å². The second kappa shape index (κ2) is 10.6. The van der Waals surface area contributed by atoms with Gasteiger partial charge in [0.1, 0.15) is 4.08 Å². The summed E-state index contributed by atoms with van der Waals surface area (Å²) in [5.74, 6) is 2.85. The molecule has 2 saturated heterocycles. The molecule has 0 radical (unpaired) electrons. The molecule has 6 heteroatoms. The number of likely N-dealkylation sites (tertiary alicyclic amines) is 1. The minimum Gasteiger partial charge on any atom is -0.375 e. The smallest absolute Gasteiger partial charge is 0.104 e. The standard InChI is InChI=1S/C27H31N3OS2/c28-19-24-18-23(11-12-30(24)13-14-31-20-21-7-2-1-3-8-21)27(32-15-6-16-33-27)26-17-22-9-4-5-10-25(22)29-26/h1-5,7-10,17,23-24,29H,6,11-16,18,20H2. The summed E-state index contributed by atoms with van der Waals surface area (Å²) in [6.07, 6.45) is 3.30. The second-order valence-corrected chi connectivity index (χ2v) is 11.9. The van der Waals surface area contributed by atoms with Gasteiger partial charge in [-0.05, 0) is 66.3 Å². The molecule has 0 aliphatic carbocycles. The van der Waals surface area contributed by atoms with E-state index in [2.05, 4.69) is 81.9 Å². The van der Waals surface area contributed by atoms with Crippen LogP contribution < -0.4 is 0 Å². The van der Waals surface area contributed by atoms with Crippen LogP contribution in [0.25, 0.3) is 10.9 Å². The number of nitrogens with zero attached hydrogens (tertiary/aromatic N) is 2. The monoisotopic (exact) mass is 477 g/mol. The van der Waals surface area contributed by atoms with E-state index < -0.39 is 0 Å². The molecular formula is C27H31N3OS2. The Bertz CT molecular complexity index is 1050. The molecule has 1 aromatic heterocycles. The first-order valence-corrected chi connectivity index (χ1v) is 13.9. The molecule has 0 spiro atoms. The Labute approximate surface area is 205 Å². The van der Waals surface area contributed by atoms with E-state index in [4.69, 9.17) is 4.74 Å². The van der Waals surface area contributed by atoms with Crippen LogP contribution >= 0.6 is 23.5 Å². The predicted molar refractivity (Wildman–Crippen MR) is 139 cm³/mol. The number of hydrogen-bond acceptors (Lipinski definition) is 5. The molecule has 33 heavy (non-hydrogen) atoms. The average Bonchev–Trinajstić information content (AvgIpc) is 3.33. The molecule has 5 rings (SSSR count). The van der Waals surface area contributed by atoms with Crippen molar-refractivity contribution < 1.29 is 4.74 Å². The molecular weight excluding hydrogens is 446 g/mol. The number of aromatic nitrogens is 1. The largest absolute Gasteiger partial charge is 0.375 e. The van der Waals surface area contributed by atoms with Crippen molar-refractivity contribution in [2.75, 3.05) is 31.2 Å². The zero-order valence-electron chi connectivity index (χ0n) is 18.9. The number of fused-ring (bicyclic) bond motifs is 1. The molecule has 2 aliphatic heterocycles. The van der Waals surface area contributed by atoms with Crippen LogP contribution in [-0.4, -0.2) is 47.1 Å². The minimum absolute atomic E-state index is 0.0161. The third kappa shape index (κ3) is 4.97. The fourth-order valence-electron chi connectivity index (χ4n) is 5.13. The summed E-state index contributed by atoms with van der Waals surface area (Å²) in [6.45, 7) is 3.07. The van der Waals surface area contributed by atoms with Crippen molar-refractivity contribution in [2.24, 2.45) is 5.92 Å². The highest BCUT2D eigenvalue weighted by Gasteiger charge is 2.47. The van der Waals surface area contributed by atoms with Crippen molar-refractivity contribution in [1.29, 1.82) is 5.26 Å². The van der Waals surface area contributed by atoms with Crippen molar-refractivity contribution in [3.05, 3.63) is 71.9 Å². The molecule has 1 N–H and O–H groups in total. The average molecular weight is 478 g/mol. The van der Waals surface area contributed by atoms with Crippen LogP contribution in [0, 0.1) is 17.2 Å². The van der Waals surface area contributed by atoms with E-state index in [-0.39, 0.29) is 10.1 Å². The Morgan fingerprint density at radius 2 is 1.88 bits per heavy atom. The van der Waals surface area contributed by atoms with Gasteiger partial charge in [0.25, 0.3) is 0 Å². The lowest BCUT2D eigenvalue weighted by atomic mass is 9.86. The molecule has 2 aliphatic rings. The van der Waals surface area contributed by atoms with E-state index in [1.165, 1.54) is 40.1 Å². The number of para-hydroxylation sites is 1. The van der Waals surface area contributed by atoms with Crippen molar-refractivity contribution in [2.45, 2.75) is 36.0 Å². The van der Waals surface area contributed by atoms with Crippen molar-refractivity contribution in [3.8, 4) is 6.07 Å². The van der Waals surface area contributed by atoms with Gasteiger partial charge in [-0.15, -0.1) is 23.5 Å². The molecule has 2 aromatic carbocycles. The number of piperidine rings is 1. The molecule has 2 atom stereocenters. The number of aromatic amines is 1. The third-order valence-electron chi connectivity index (χ3n) is 6.86. The Hall–Kier alpha value is -1.91. The van der Waals surface area contributed by atoms with Gasteiger partial charge in [0.15, 0.2) is 0 Å². The highest BCUT2D eigenvalue weighted by molar-refractivity contribution is 8.18. The van der Waals surface area contributed by atoms with Gasteiger partial charge >= 0.3 is 0 Å². The van der Waals surface area contributed by atoms with Gasteiger partial charge in [-0.25, -0.2) is 0 Å². The molecule has 2 fully saturated rings. The Kier molecular flexibility index (Phi) is 7.32. The predicted octanol–water partition coefficient (Wildman–Crippen LogP) is 6.01. The summed E-state index contributed by atoms with van der Waals surface area (Å²) < 4.78 is 5.93. The van der Waals surface area contributed by atoms with E-state index in [1.54, 1.807) is 0 Å². The van der Waals surface area contributed by atoms with Gasteiger partial charge in [0, 0.05) is 17.8 Å². The number of thioether (sulfide) groups is 2. The normalized spacial score (nSPS) is 23.4. The first kappa shape index (κ1) is 22.9. The fraction of sp³-hybridized carbons (Fsp3) is 0.444. The number of nitrogens with one attached hydrogen (secondary N) is 1. The van der Waals surface area contributed by atoms with Crippen molar-refractivity contribution in [1.82, 2.24) is 9.88 Å². The van der Waals surface area contributed by atoms with Gasteiger partial charge in [-0.2, -0.15) is 5.26 Å². The topological polar surface area (TPSA) is 52.0 Å². The number of ether oxygens (including phenoxy) is 1.